The van der Waals surface area contributed by atoms with Gasteiger partial charge in [-0.3, -0.25) is 4.79 Å². The van der Waals surface area contributed by atoms with Crippen LogP contribution in [-0.2, 0) is 6.18 Å². The smallest absolute Gasteiger partial charge is 0.335 e. The molecule has 0 aliphatic rings. The zero-order valence-electron chi connectivity index (χ0n) is 10.7. The van der Waals surface area contributed by atoms with E-state index in [1.165, 1.54) is 23.1 Å². The molecule has 1 rings (SSSR count). The Balaban J connectivity index is 3.18. The summed E-state index contributed by atoms with van der Waals surface area (Å²) in [4.78, 5) is 13.7. The molecule has 19 heavy (non-hydrogen) atoms. The first-order chi connectivity index (χ1) is 8.79. The Hall–Kier alpha value is -1.04. The van der Waals surface area contributed by atoms with Crippen molar-refractivity contribution in [1.29, 1.82) is 0 Å². The fourth-order valence-corrected chi connectivity index (χ4v) is 2.14. The van der Waals surface area contributed by atoms with Gasteiger partial charge in [-0.1, -0.05) is 28.1 Å². The molecule has 0 fully saturated rings. The highest BCUT2D eigenvalue weighted by atomic mass is 79.9. The summed E-state index contributed by atoms with van der Waals surface area (Å²) < 4.78 is 38.6. The number of nitrogens with zero attached hydrogens (tertiary/aromatic N) is 1. The van der Waals surface area contributed by atoms with Crippen LogP contribution < -0.4 is 0 Å². The second kappa shape index (κ2) is 6.41. The molecule has 1 aromatic carbocycles. The molecular weight excluding hydrogens is 323 g/mol. The van der Waals surface area contributed by atoms with E-state index in [2.05, 4.69) is 15.9 Å². The van der Waals surface area contributed by atoms with Crippen LogP contribution in [0.25, 0.3) is 0 Å². The third-order valence-corrected chi connectivity index (χ3v) is 3.03. The van der Waals surface area contributed by atoms with Gasteiger partial charge >= 0.3 is 6.18 Å². The van der Waals surface area contributed by atoms with Crippen molar-refractivity contribution in [2.45, 2.75) is 26.1 Å². The summed E-state index contributed by atoms with van der Waals surface area (Å²) in [6.07, 6.45) is -4.52. The molecule has 0 aliphatic carbocycles. The summed E-state index contributed by atoms with van der Waals surface area (Å²) in [5.74, 6) is -0.595. The molecule has 0 saturated heterocycles. The average Bonchev–Trinajstić information content (AvgIpc) is 2.33. The van der Waals surface area contributed by atoms with Gasteiger partial charge in [0, 0.05) is 17.9 Å². The fraction of sp³-hybridized carbons (Fsp3) is 0.462. The first kappa shape index (κ1) is 16.0. The van der Waals surface area contributed by atoms with Crippen molar-refractivity contribution in [3.8, 4) is 0 Å². The lowest BCUT2D eigenvalue weighted by molar-refractivity contribution is -0.138. The molecule has 1 aromatic rings. The van der Waals surface area contributed by atoms with E-state index >= 15 is 0 Å². The summed E-state index contributed by atoms with van der Waals surface area (Å²) in [5, 5.41) is 0.519. The molecule has 0 N–H and O–H groups in total. The normalized spacial score (nSPS) is 11.7. The van der Waals surface area contributed by atoms with Gasteiger partial charge in [0.15, 0.2) is 0 Å². The predicted molar refractivity (Wildman–Crippen MR) is 71.4 cm³/mol. The Bertz CT molecular complexity index is 446. The minimum Gasteiger partial charge on any atom is -0.335 e. The highest BCUT2D eigenvalue weighted by Gasteiger charge is 2.36. The Morgan fingerprint density at radius 2 is 1.89 bits per heavy atom. The number of carbonyl (C=O) groups excluding carboxylic acids is 1. The second-order valence-corrected chi connectivity index (χ2v) is 5.12. The lowest BCUT2D eigenvalue weighted by atomic mass is 10.1. The molecule has 0 saturated carbocycles. The monoisotopic (exact) mass is 337 g/mol. The Labute approximate surface area is 118 Å². The van der Waals surface area contributed by atoms with Gasteiger partial charge in [0.05, 0.1) is 11.1 Å². The summed E-state index contributed by atoms with van der Waals surface area (Å²) in [7, 11) is 0. The first-order valence-electron chi connectivity index (χ1n) is 5.82. The van der Waals surface area contributed by atoms with Crippen molar-refractivity contribution in [2.75, 3.05) is 11.9 Å². The third kappa shape index (κ3) is 3.96. The van der Waals surface area contributed by atoms with Gasteiger partial charge in [-0.05, 0) is 26.0 Å². The van der Waals surface area contributed by atoms with Crippen LogP contribution in [0.3, 0.4) is 0 Å². The third-order valence-electron chi connectivity index (χ3n) is 2.67. The van der Waals surface area contributed by atoms with Crippen molar-refractivity contribution in [3.05, 3.63) is 35.4 Å². The Morgan fingerprint density at radius 3 is 2.37 bits per heavy atom. The minimum atomic E-state index is -4.52. The highest BCUT2D eigenvalue weighted by molar-refractivity contribution is 9.09. The van der Waals surface area contributed by atoms with E-state index in [4.69, 9.17) is 0 Å². The molecule has 0 unspecified atom stereocenters. The van der Waals surface area contributed by atoms with Crippen molar-refractivity contribution in [2.24, 2.45) is 0 Å². The van der Waals surface area contributed by atoms with Crippen LogP contribution in [0.2, 0.25) is 0 Å². The standard InChI is InChI=1S/C13H15BrF3NO/c1-9(2)18(8-7-14)12(19)10-5-3-4-6-11(10)13(15,16)17/h3-6,9H,7-8H2,1-2H3. The van der Waals surface area contributed by atoms with E-state index in [1.807, 2.05) is 0 Å². The lowest BCUT2D eigenvalue weighted by Crippen LogP contribution is -2.39. The van der Waals surface area contributed by atoms with Gasteiger partial charge in [0.25, 0.3) is 5.91 Å². The van der Waals surface area contributed by atoms with E-state index in [0.29, 0.717) is 11.9 Å². The van der Waals surface area contributed by atoms with Crippen LogP contribution in [0.5, 0.6) is 0 Å². The van der Waals surface area contributed by atoms with Crippen LogP contribution in [0.4, 0.5) is 13.2 Å². The molecule has 0 aromatic heterocycles. The second-order valence-electron chi connectivity index (χ2n) is 4.32. The summed E-state index contributed by atoms with van der Waals surface area (Å²) in [6, 6.07) is 4.71. The van der Waals surface area contributed by atoms with Gasteiger partial charge in [0.1, 0.15) is 0 Å². The number of carbonyl (C=O) groups is 1. The summed E-state index contributed by atoms with van der Waals surface area (Å²) in [6.45, 7) is 3.91. The average molecular weight is 338 g/mol. The molecule has 2 nitrogen and oxygen atoms in total. The number of amides is 1. The SMILES string of the molecule is CC(C)N(CCBr)C(=O)c1ccccc1C(F)(F)F. The minimum absolute atomic E-state index is 0.161. The maximum atomic E-state index is 12.9. The number of alkyl halides is 4. The van der Waals surface area contributed by atoms with Gasteiger partial charge in [-0.2, -0.15) is 13.2 Å². The van der Waals surface area contributed by atoms with E-state index in [-0.39, 0.29) is 11.6 Å². The van der Waals surface area contributed by atoms with Gasteiger partial charge in [-0.25, -0.2) is 0 Å². The Kier molecular flexibility index (Phi) is 5.40. The summed E-state index contributed by atoms with van der Waals surface area (Å²) in [5.41, 5.74) is -1.19. The van der Waals surface area contributed by atoms with E-state index < -0.39 is 17.6 Å². The highest BCUT2D eigenvalue weighted by Crippen LogP contribution is 2.32. The topological polar surface area (TPSA) is 20.3 Å². The largest absolute Gasteiger partial charge is 0.417 e. The number of halogens is 4. The predicted octanol–water partition coefficient (Wildman–Crippen LogP) is 3.95. The number of hydrogen-bond donors (Lipinski definition) is 0. The van der Waals surface area contributed by atoms with Gasteiger partial charge in [-0.15, -0.1) is 0 Å². The van der Waals surface area contributed by atoms with Crippen LogP contribution in [0.1, 0.15) is 29.8 Å². The van der Waals surface area contributed by atoms with Crippen LogP contribution >= 0.6 is 15.9 Å². The van der Waals surface area contributed by atoms with Crippen molar-refractivity contribution in [3.63, 3.8) is 0 Å². The molecule has 0 atom stereocenters. The molecular formula is C13H15BrF3NO. The lowest BCUT2D eigenvalue weighted by Gasteiger charge is -2.27. The molecule has 0 radical (unpaired) electrons. The molecule has 1 amide bonds. The van der Waals surface area contributed by atoms with Crippen molar-refractivity contribution < 1.29 is 18.0 Å². The van der Waals surface area contributed by atoms with E-state index in [9.17, 15) is 18.0 Å². The summed E-state index contributed by atoms with van der Waals surface area (Å²) >= 11 is 3.20. The zero-order chi connectivity index (χ0) is 14.6. The van der Waals surface area contributed by atoms with Crippen LogP contribution in [0.15, 0.2) is 24.3 Å². The number of rotatable bonds is 4. The van der Waals surface area contributed by atoms with Crippen molar-refractivity contribution in [1.82, 2.24) is 4.90 Å². The zero-order valence-corrected chi connectivity index (χ0v) is 12.3. The van der Waals surface area contributed by atoms with Gasteiger partial charge < -0.3 is 4.90 Å². The fourth-order valence-electron chi connectivity index (χ4n) is 1.76. The molecule has 0 heterocycles. The quantitative estimate of drug-likeness (QED) is 0.762. The molecule has 0 bridgehead atoms. The van der Waals surface area contributed by atoms with Crippen molar-refractivity contribution >= 4 is 21.8 Å². The maximum Gasteiger partial charge on any atom is 0.417 e. The van der Waals surface area contributed by atoms with E-state index in [0.717, 1.165) is 6.07 Å². The van der Waals surface area contributed by atoms with Crippen LogP contribution in [-0.4, -0.2) is 28.7 Å². The van der Waals surface area contributed by atoms with Gasteiger partial charge in [0.2, 0.25) is 0 Å². The van der Waals surface area contributed by atoms with Crippen LogP contribution in [0, 0.1) is 0 Å². The maximum absolute atomic E-state index is 12.9. The molecule has 6 heteroatoms. The molecule has 0 aliphatic heterocycles. The molecule has 106 valence electrons. The number of hydrogen-bond acceptors (Lipinski definition) is 1. The Morgan fingerprint density at radius 1 is 1.32 bits per heavy atom. The number of benzene rings is 1. The first-order valence-corrected chi connectivity index (χ1v) is 6.94. The van der Waals surface area contributed by atoms with E-state index in [1.54, 1.807) is 13.8 Å². The molecule has 0 spiro atoms.